The van der Waals surface area contributed by atoms with Crippen LogP contribution in [0.25, 0.3) is 0 Å². The first-order chi connectivity index (χ1) is 21.0. The van der Waals surface area contributed by atoms with Crippen LogP contribution in [0.5, 0.6) is 11.5 Å². The standard InChI is InChI=1S/C39H60O6S/c1-36(2,3)25-28-21-26(22-29(34(28)42)37(4,5)6)13-15-32(40)44-17-19-46-20-18-45-33(41)16-14-27-23-30(38(7,8)9)35(43)31(24-27)39(10,11)12/h21-24,42-43H,13-20,25H2,1-12H3. The molecule has 2 N–H and O–H groups in total. The molecule has 2 aromatic rings. The maximum absolute atomic E-state index is 12.5. The van der Waals surface area contributed by atoms with Crippen molar-refractivity contribution in [3.05, 3.63) is 57.6 Å². The predicted octanol–water partition coefficient (Wildman–Crippen LogP) is 8.96. The Bertz CT molecular complexity index is 1300. The molecule has 7 heteroatoms. The van der Waals surface area contributed by atoms with Crippen LogP contribution in [-0.4, -0.2) is 46.9 Å². The summed E-state index contributed by atoms with van der Waals surface area (Å²) in [4.78, 5) is 24.9. The first-order valence-electron chi connectivity index (χ1n) is 16.6. The molecule has 2 rings (SSSR count). The topological polar surface area (TPSA) is 93.1 Å². The maximum Gasteiger partial charge on any atom is 0.306 e. The molecule has 0 bridgehead atoms. The number of aryl methyl sites for hydroxylation is 2. The Labute approximate surface area is 283 Å². The Kier molecular flexibility index (Phi) is 13.7. The van der Waals surface area contributed by atoms with E-state index in [1.165, 1.54) is 0 Å². The number of hydrogen-bond donors (Lipinski definition) is 2. The minimum atomic E-state index is -0.246. The summed E-state index contributed by atoms with van der Waals surface area (Å²) >= 11 is 1.58. The van der Waals surface area contributed by atoms with Gasteiger partial charge >= 0.3 is 11.9 Å². The summed E-state index contributed by atoms with van der Waals surface area (Å²) in [5, 5.41) is 21.9. The summed E-state index contributed by atoms with van der Waals surface area (Å²) in [6, 6.07) is 8.06. The summed E-state index contributed by atoms with van der Waals surface area (Å²) in [6.07, 6.45) is 2.41. The quantitative estimate of drug-likeness (QED) is 0.164. The van der Waals surface area contributed by atoms with Crippen molar-refractivity contribution in [3.8, 4) is 11.5 Å². The van der Waals surface area contributed by atoms with Crippen LogP contribution in [-0.2, 0) is 54.6 Å². The first-order valence-corrected chi connectivity index (χ1v) is 17.8. The van der Waals surface area contributed by atoms with Gasteiger partial charge in [-0.3, -0.25) is 9.59 Å². The van der Waals surface area contributed by atoms with Crippen LogP contribution < -0.4 is 0 Å². The van der Waals surface area contributed by atoms with E-state index in [-0.39, 0.29) is 46.4 Å². The molecule has 0 saturated heterocycles. The Morgan fingerprint density at radius 2 is 0.978 bits per heavy atom. The van der Waals surface area contributed by atoms with Crippen molar-refractivity contribution in [1.29, 1.82) is 0 Å². The van der Waals surface area contributed by atoms with E-state index in [4.69, 9.17) is 9.47 Å². The molecule has 0 radical (unpaired) electrons. The number of benzene rings is 2. The summed E-state index contributed by atoms with van der Waals surface area (Å²) in [6.45, 7) is 25.8. The number of aromatic hydroxyl groups is 2. The van der Waals surface area contributed by atoms with E-state index >= 15 is 0 Å². The predicted molar refractivity (Wildman–Crippen MR) is 191 cm³/mol. The monoisotopic (exact) mass is 656 g/mol. The van der Waals surface area contributed by atoms with Crippen LogP contribution in [0.1, 0.15) is 129 Å². The number of rotatable bonds is 13. The van der Waals surface area contributed by atoms with Crippen molar-refractivity contribution in [3.63, 3.8) is 0 Å². The van der Waals surface area contributed by atoms with Crippen molar-refractivity contribution in [2.75, 3.05) is 24.7 Å². The second kappa shape index (κ2) is 16.0. The fourth-order valence-corrected chi connectivity index (χ4v) is 5.94. The number of hydrogen-bond acceptors (Lipinski definition) is 7. The van der Waals surface area contributed by atoms with Gasteiger partial charge in [-0.15, -0.1) is 0 Å². The normalized spacial score (nSPS) is 12.7. The molecule has 0 aliphatic heterocycles. The lowest BCUT2D eigenvalue weighted by atomic mass is 9.78. The van der Waals surface area contributed by atoms with Crippen LogP contribution in [0.4, 0.5) is 0 Å². The molecule has 0 fully saturated rings. The van der Waals surface area contributed by atoms with Gasteiger partial charge in [0.2, 0.25) is 0 Å². The van der Waals surface area contributed by atoms with Gasteiger partial charge in [0.05, 0.1) is 0 Å². The second-order valence-corrected chi connectivity index (χ2v) is 18.0. The molecule has 0 spiro atoms. The number of phenolic OH excluding ortho intramolecular Hbond substituents is 2. The summed E-state index contributed by atoms with van der Waals surface area (Å²) < 4.78 is 10.9. The molecule has 0 aliphatic rings. The molecule has 0 amide bonds. The second-order valence-electron chi connectivity index (χ2n) is 16.7. The third-order valence-electron chi connectivity index (χ3n) is 7.78. The van der Waals surface area contributed by atoms with Crippen molar-refractivity contribution in [2.45, 2.75) is 131 Å². The van der Waals surface area contributed by atoms with Gasteiger partial charge in [0.15, 0.2) is 0 Å². The highest BCUT2D eigenvalue weighted by Gasteiger charge is 2.27. The SMILES string of the molecule is CC(C)(C)Cc1cc(CCC(=O)OCCSCCOC(=O)CCc2cc(C(C)(C)C)c(O)c(C(C)(C)C)c2)cc(C(C)(C)C)c1O. The van der Waals surface area contributed by atoms with Gasteiger partial charge in [-0.2, -0.15) is 11.8 Å². The molecule has 0 heterocycles. The van der Waals surface area contributed by atoms with Crippen molar-refractivity contribution >= 4 is 23.7 Å². The van der Waals surface area contributed by atoms with Crippen LogP contribution in [0, 0.1) is 5.41 Å². The lowest BCUT2D eigenvalue weighted by Crippen LogP contribution is -2.18. The fraction of sp³-hybridized carbons (Fsp3) is 0.641. The van der Waals surface area contributed by atoms with E-state index in [2.05, 4.69) is 83.1 Å². The van der Waals surface area contributed by atoms with Gasteiger partial charge in [0.1, 0.15) is 24.7 Å². The molecule has 0 atom stereocenters. The third kappa shape index (κ3) is 12.8. The van der Waals surface area contributed by atoms with Gasteiger partial charge in [-0.05, 0) is 74.3 Å². The van der Waals surface area contributed by atoms with Crippen molar-refractivity contribution in [2.24, 2.45) is 5.41 Å². The zero-order chi connectivity index (χ0) is 35.1. The number of carbonyl (C=O) groups excluding carboxylic acids is 2. The van der Waals surface area contributed by atoms with Crippen LogP contribution >= 0.6 is 11.8 Å². The lowest BCUT2D eigenvalue weighted by molar-refractivity contribution is -0.143. The fourth-order valence-electron chi connectivity index (χ4n) is 5.33. The first kappa shape index (κ1) is 39.5. The molecule has 0 unspecified atom stereocenters. The molecule has 0 aromatic heterocycles. The molecule has 6 nitrogen and oxygen atoms in total. The smallest absolute Gasteiger partial charge is 0.306 e. The van der Waals surface area contributed by atoms with Gasteiger partial charge in [-0.1, -0.05) is 107 Å². The zero-order valence-corrected chi connectivity index (χ0v) is 31.4. The minimum Gasteiger partial charge on any atom is -0.507 e. The number of phenols is 2. The van der Waals surface area contributed by atoms with Crippen molar-refractivity contribution < 1.29 is 29.3 Å². The highest BCUT2D eigenvalue weighted by Crippen LogP contribution is 2.40. The minimum absolute atomic E-state index is 0.0287. The van der Waals surface area contributed by atoms with E-state index in [1.807, 2.05) is 24.3 Å². The average molecular weight is 657 g/mol. The number of ether oxygens (including phenoxy) is 2. The van der Waals surface area contributed by atoms with Gasteiger partial charge < -0.3 is 19.7 Å². The molecule has 46 heavy (non-hydrogen) atoms. The summed E-state index contributed by atoms with van der Waals surface area (Å²) in [7, 11) is 0. The molecular formula is C39H60O6S. The molecule has 258 valence electrons. The van der Waals surface area contributed by atoms with E-state index in [9.17, 15) is 19.8 Å². The van der Waals surface area contributed by atoms with E-state index < -0.39 is 0 Å². The Morgan fingerprint density at radius 1 is 0.609 bits per heavy atom. The van der Waals surface area contributed by atoms with Gasteiger partial charge in [0.25, 0.3) is 0 Å². The van der Waals surface area contributed by atoms with Crippen LogP contribution in [0.3, 0.4) is 0 Å². The van der Waals surface area contributed by atoms with Crippen LogP contribution in [0.2, 0.25) is 0 Å². The zero-order valence-electron chi connectivity index (χ0n) is 30.6. The Balaban J connectivity index is 1.76. The number of carbonyl (C=O) groups is 2. The highest BCUT2D eigenvalue weighted by molar-refractivity contribution is 7.99. The van der Waals surface area contributed by atoms with E-state index in [1.54, 1.807) is 11.8 Å². The Morgan fingerprint density at radius 3 is 1.35 bits per heavy atom. The summed E-state index contributed by atoms with van der Waals surface area (Å²) in [5.74, 6) is 1.47. The number of esters is 2. The molecule has 2 aromatic carbocycles. The largest absolute Gasteiger partial charge is 0.507 e. The molecule has 0 saturated carbocycles. The van der Waals surface area contributed by atoms with E-state index in [0.29, 0.717) is 49.1 Å². The molecular weight excluding hydrogens is 596 g/mol. The van der Waals surface area contributed by atoms with Crippen LogP contribution in [0.15, 0.2) is 24.3 Å². The van der Waals surface area contributed by atoms with E-state index in [0.717, 1.165) is 39.8 Å². The average Bonchev–Trinajstić information content (AvgIpc) is 2.89. The van der Waals surface area contributed by atoms with Gasteiger partial charge in [0, 0.05) is 24.3 Å². The Hall–Kier alpha value is -2.67. The lowest BCUT2D eigenvalue weighted by Gasteiger charge is -2.28. The number of thioether (sulfide) groups is 1. The highest BCUT2D eigenvalue weighted by atomic mass is 32.2. The van der Waals surface area contributed by atoms with Crippen molar-refractivity contribution in [1.82, 2.24) is 0 Å². The third-order valence-corrected chi connectivity index (χ3v) is 8.69. The molecule has 0 aliphatic carbocycles. The maximum atomic E-state index is 12.5. The summed E-state index contributed by atoms with van der Waals surface area (Å²) in [5.41, 5.74) is 5.04. The van der Waals surface area contributed by atoms with Gasteiger partial charge in [-0.25, -0.2) is 0 Å².